The summed E-state index contributed by atoms with van der Waals surface area (Å²) in [7, 11) is 0. The number of carbonyl (C=O) groups is 1. The second-order valence-electron chi connectivity index (χ2n) is 3.38. The Kier molecular flexibility index (Phi) is 3.36. The van der Waals surface area contributed by atoms with Gasteiger partial charge in [-0.05, 0) is 17.7 Å². The van der Waals surface area contributed by atoms with E-state index in [1.54, 1.807) is 29.6 Å². The zero-order chi connectivity index (χ0) is 12.3. The van der Waals surface area contributed by atoms with Crippen LogP contribution in [0.3, 0.4) is 0 Å². The largest absolute Gasteiger partial charge is 0.392 e. The fourth-order valence-corrected chi connectivity index (χ4v) is 1.88. The van der Waals surface area contributed by atoms with E-state index in [4.69, 9.17) is 10.8 Å². The highest BCUT2D eigenvalue weighted by Crippen LogP contribution is 2.15. The lowest BCUT2D eigenvalue weighted by Crippen LogP contribution is -2.12. The van der Waals surface area contributed by atoms with Crippen LogP contribution in [0.4, 0.5) is 10.8 Å². The first-order valence-corrected chi connectivity index (χ1v) is 5.79. The third-order valence-electron chi connectivity index (χ3n) is 2.12. The number of hydrogen-bond acceptors (Lipinski definition) is 5. The number of amides is 1. The molecule has 5 nitrogen and oxygen atoms in total. The molecule has 0 atom stereocenters. The molecule has 1 heterocycles. The number of aliphatic hydroxyl groups is 1. The average Bonchev–Trinajstić information content (AvgIpc) is 2.76. The van der Waals surface area contributed by atoms with Gasteiger partial charge >= 0.3 is 0 Å². The van der Waals surface area contributed by atoms with Gasteiger partial charge in [0.1, 0.15) is 5.69 Å². The molecule has 2 aromatic rings. The quantitative estimate of drug-likeness (QED) is 0.768. The van der Waals surface area contributed by atoms with Crippen LogP contribution < -0.4 is 11.1 Å². The molecule has 0 saturated carbocycles. The average molecular weight is 249 g/mol. The predicted molar refractivity (Wildman–Crippen MR) is 66.8 cm³/mol. The monoisotopic (exact) mass is 249 g/mol. The van der Waals surface area contributed by atoms with E-state index in [-0.39, 0.29) is 12.5 Å². The van der Waals surface area contributed by atoms with E-state index in [2.05, 4.69) is 10.3 Å². The van der Waals surface area contributed by atoms with Crippen molar-refractivity contribution in [2.24, 2.45) is 0 Å². The van der Waals surface area contributed by atoms with Crippen molar-refractivity contribution in [2.45, 2.75) is 6.61 Å². The van der Waals surface area contributed by atoms with E-state index >= 15 is 0 Å². The lowest BCUT2D eigenvalue weighted by atomic mass is 10.2. The van der Waals surface area contributed by atoms with Crippen molar-refractivity contribution in [2.75, 3.05) is 11.1 Å². The Bertz CT molecular complexity index is 539. The maximum atomic E-state index is 11.7. The van der Waals surface area contributed by atoms with Gasteiger partial charge < -0.3 is 16.2 Å². The van der Waals surface area contributed by atoms with Gasteiger partial charge in [0.15, 0.2) is 5.13 Å². The zero-order valence-corrected chi connectivity index (χ0v) is 9.70. The number of rotatable bonds is 3. The first kappa shape index (κ1) is 11.6. The molecule has 0 aliphatic carbocycles. The van der Waals surface area contributed by atoms with Crippen LogP contribution in [0.2, 0.25) is 0 Å². The SMILES string of the molecule is Nc1nc(C(=O)Nc2cccc(CO)c2)cs1. The smallest absolute Gasteiger partial charge is 0.275 e. The lowest BCUT2D eigenvalue weighted by molar-refractivity contribution is 0.102. The highest BCUT2D eigenvalue weighted by molar-refractivity contribution is 7.13. The summed E-state index contributed by atoms with van der Waals surface area (Å²) in [5, 5.41) is 13.6. The molecule has 0 fully saturated rings. The summed E-state index contributed by atoms with van der Waals surface area (Å²) in [6.45, 7) is -0.0621. The van der Waals surface area contributed by atoms with Gasteiger partial charge in [0.05, 0.1) is 6.61 Å². The summed E-state index contributed by atoms with van der Waals surface area (Å²) in [6, 6.07) is 6.98. The van der Waals surface area contributed by atoms with Crippen LogP contribution in [-0.2, 0) is 6.61 Å². The molecule has 1 amide bonds. The maximum absolute atomic E-state index is 11.7. The molecule has 4 N–H and O–H groups in total. The van der Waals surface area contributed by atoms with Gasteiger partial charge in [-0.2, -0.15) is 0 Å². The molecule has 0 aliphatic heterocycles. The van der Waals surface area contributed by atoms with Gasteiger partial charge in [-0.3, -0.25) is 4.79 Å². The Hall–Kier alpha value is -1.92. The van der Waals surface area contributed by atoms with E-state index in [1.807, 2.05) is 0 Å². The Morgan fingerprint density at radius 3 is 3.00 bits per heavy atom. The van der Waals surface area contributed by atoms with Crippen molar-refractivity contribution >= 4 is 28.1 Å². The summed E-state index contributed by atoms with van der Waals surface area (Å²) in [5.41, 5.74) is 7.10. The van der Waals surface area contributed by atoms with Crippen molar-refractivity contribution in [3.05, 3.63) is 40.9 Å². The predicted octanol–water partition coefficient (Wildman–Crippen LogP) is 1.47. The molecular weight excluding hydrogens is 238 g/mol. The van der Waals surface area contributed by atoms with Crippen LogP contribution in [-0.4, -0.2) is 16.0 Å². The van der Waals surface area contributed by atoms with Crippen LogP contribution in [0.15, 0.2) is 29.6 Å². The summed E-state index contributed by atoms with van der Waals surface area (Å²) in [4.78, 5) is 15.6. The highest BCUT2D eigenvalue weighted by atomic mass is 32.1. The number of nitrogen functional groups attached to an aromatic ring is 1. The number of aromatic nitrogens is 1. The third kappa shape index (κ3) is 2.80. The van der Waals surface area contributed by atoms with Crippen molar-refractivity contribution in [3.63, 3.8) is 0 Å². The van der Waals surface area contributed by atoms with Gasteiger partial charge in [-0.15, -0.1) is 11.3 Å². The Morgan fingerprint density at radius 1 is 1.53 bits per heavy atom. The Morgan fingerprint density at radius 2 is 2.35 bits per heavy atom. The molecule has 0 unspecified atom stereocenters. The first-order valence-electron chi connectivity index (χ1n) is 4.91. The molecule has 0 spiro atoms. The zero-order valence-electron chi connectivity index (χ0n) is 8.88. The number of nitrogens with two attached hydrogens (primary N) is 1. The molecular formula is C11H11N3O2S. The van der Waals surface area contributed by atoms with Crippen molar-refractivity contribution in [1.29, 1.82) is 0 Å². The summed E-state index contributed by atoms with van der Waals surface area (Å²) >= 11 is 1.22. The number of hydrogen-bond donors (Lipinski definition) is 3. The van der Waals surface area contributed by atoms with Gasteiger partial charge in [-0.25, -0.2) is 4.98 Å². The van der Waals surface area contributed by atoms with Crippen molar-refractivity contribution in [3.8, 4) is 0 Å². The minimum Gasteiger partial charge on any atom is -0.392 e. The molecule has 6 heteroatoms. The van der Waals surface area contributed by atoms with Gasteiger partial charge in [0.25, 0.3) is 5.91 Å². The minimum absolute atomic E-state index is 0.0621. The normalized spacial score (nSPS) is 10.2. The molecule has 0 bridgehead atoms. The van der Waals surface area contributed by atoms with Crippen LogP contribution in [0.1, 0.15) is 16.1 Å². The van der Waals surface area contributed by atoms with E-state index in [9.17, 15) is 4.79 Å². The topological polar surface area (TPSA) is 88.2 Å². The van der Waals surface area contributed by atoms with E-state index in [0.29, 0.717) is 16.5 Å². The second-order valence-corrected chi connectivity index (χ2v) is 4.27. The maximum Gasteiger partial charge on any atom is 0.275 e. The molecule has 17 heavy (non-hydrogen) atoms. The number of benzene rings is 1. The number of nitrogens with one attached hydrogen (secondary N) is 1. The van der Waals surface area contributed by atoms with Crippen molar-refractivity contribution in [1.82, 2.24) is 4.98 Å². The van der Waals surface area contributed by atoms with Crippen LogP contribution in [0.25, 0.3) is 0 Å². The molecule has 2 rings (SSSR count). The number of thiazole rings is 1. The fourth-order valence-electron chi connectivity index (χ4n) is 1.33. The standard InChI is InChI=1S/C11H11N3O2S/c12-11-14-9(6-17-11)10(16)13-8-3-1-2-7(4-8)5-15/h1-4,6,15H,5H2,(H2,12,14)(H,13,16). The third-order valence-corrected chi connectivity index (χ3v) is 2.80. The summed E-state index contributed by atoms with van der Waals surface area (Å²) in [5.74, 6) is -0.312. The molecule has 0 saturated heterocycles. The van der Waals surface area contributed by atoms with Crippen molar-refractivity contribution < 1.29 is 9.90 Å². The van der Waals surface area contributed by atoms with Gasteiger partial charge in [0.2, 0.25) is 0 Å². The van der Waals surface area contributed by atoms with E-state index < -0.39 is 0 Å². The van der Waals surface area contributed by atoms with Gasteiger partial charge in [-0.1, -0.05) is 12.1 Å². The lowest BCUT2D eigenvalue weighted by Gasteiger charge is -2.04. The fraction of sp³-hybridized carbons (Fsp3) is 0.0909. The summed E-state index contributed by atoms with van der Waals surface area (Å²) in [6.07, 6.45) is 0. The van der Waals surface area contributed by atoms with Crippen LogP contribution in [0, 0.1) is 0 Å². The van der Waals surface area contributed by atoms with Gasteiger partial charge in [0, 0.05) is 11.1 Å². The second kappa shape index (κ2) is 4.94. The molecule has 1 aromatic heterocycles. The van der Waals surface area contributed by atoms with Crippen LogP contribution >= 0.6 is 11.3 Å². The minimum atomic E-state index is -0.312. The molecule has 0 radical (unpaired) electrons. The Labute approximate surface area is 102 Å². The summed E-state index contributed by atoms with van der Waals surface area (Å²) < 4.78 is 0. The molecule has 1 aromatic carbocycles. The highest BCUT2D eigenvalue weighted by Gasteiger charge is 2.09. The number of anilines is 2. The van der Waals surface area contributed by atoms with E-state index in [0.717, 1.165) is 5.56 Å². The number of carbonyl (C=O) groups excluding carboxylic acids is 1. The molecule has 0 aliphatic rings. The first-order chi connectivity index (χ1) is 8.19. The van der Waals surface area contributed by atoms with E-state index in [1.165, 1.54) is 11.3 Å². The molecule has 88 valence electrons. The Balaban J connectivity index is 2.12. The van der Waals surface area contributed by atoms with Crippen LogP contribution in [0.5, 0.6) is 0 Å². The number of nitrogens with zero attached hydrogens (tertiary/aromatic N) is 1. The number of aliphatic hydroxyl groups excluding tert-OH is 1.